The first-order chi connectivity index (χ1) is 21.2. The Morgan fingerprint density at radius 3 is 2.66 bits per heavy atom. The topological polar surface area (TPSA) is 109 Å². The molecular formula is C32H28F3N7O2. The average molecular weight is 600 g/mol. The maximum atomic E-state index is 14.8. The van der Waals surface area contributed by atoms with E-state index in [1.165, 1.54) is 23.1 Å². The molecule has 2 aromatic carbocycles. The van der Waals surface area contributed by atoms with Gasteiger partial charge in [0.05, 0.1) is 28.5 Å². The molecule has 0 bridgehead atoms. The van der Waals surface area contributed by atoms with Crippen molar-refractivity contribution in [2.75, 3.05) is 11.4 Å². The van der Waals surface area contributed by atoms with Crippen LogP contribution in [0.4, 0.5) is 18.9 Å². The van der Waals surface area contributed by atoms with Gasteiger partial charge in [0, 0.05) is 60.5 Å². The monoisotopic (exact) mass is 599 g/mol. The van der Waals surface area contributed by atoms with Crippen molar-refractivity contribution in [2.45, 2.75) is 44.6 Å². The van der Waals surface area contributed by atoms with Gasteiger partial charge in [-0.2, -0.15) is 5.10 Å². The van der Waals surface area contributed by atoms with Crippen LogP contribution in [0.3, 0.4) is 0 Å². The van der Waals surface area contributed by atoms with E-state index in [4.69, 9.17) is 4.98 Å². The van der Waals surface area contributed by atoms with Crippen LogP contribution in [0.1, 0.15) is 40.9 Å². The zero-order valence-electron chi connectivity index (χ0n) is 23.7. The zero-order chi connectivity index (χ0) is 30.6. The minimum Gasteiger partial charge on any atom is -0.348 e. The lowest BCUT2D eigenvalue weighted by Gasteiger charge is -2.37. The molecule has 2 amide bonds. The van der Waals surface area contributed by atoms with Crippen LogP contribution in [0.15, 0.2) is 67.1 Å². The van der Waals surface area contributed by atoms with E-state index >= 15 is 0 Å². The quantitative estimate of drug-likeness (QED) is 0.282. The summed E-state index contributed by atoms with van der Waals surface area (Å²) in [6, 6.07) is 11.9. The van der Waals surface area contributed by atoms with E-state index in [1.54, 1.807) is 41.3 Å². The summed E-state index contributed by atoms with van der Waals surface area (Å²) >= 11 is 0. The van der Waals surface area contributed by atoms with Crippen LogP contribution in [-0.4, -0.2) is 55.1 Å². The number of rotatable bonds is 5. The maximum Gasteiger partial charge on any atom is 0.251 e. The Kier molecular flexibility index (Phi) is 6.71. The van der Waals surface area contributed by atoms with Gasteiger partial charge in [-0.1, -0.05) is 0 Å². The van der Waals surface area contributed by atoms with Gasteiger partial charge in [-0.15, -0.1) is 0 Å². The van der Waals surface area contributed by atoms with Crippen molar-refractivity contribution >= 4 is 28.4 Å². The van der Waals surface area contributed by atoms with Crippen LogP contribution in [0, 0.1) is 18.7 Å². The number of fused-ring (bicyclic) bond motifs is 3. The highest BCUT2D eigenvalue weighted by molar-refractivity contribution is 6.08. The number of alkyl halides is 2. The number of benzene rings is 2. The first kappa shape index (κ1) is 27.8. The van der Waals surface area contributed by atoms with Crippen molar-refractivity contribution in [3.8, 4) is 17.2 Å². The van der Waals surface area contributed by atoms with Crippen molar-refractivity contribution in [3.05, 3.63) is 89.8 Å². The molecule has 0 radical (unpaired) electrons. The molecule has 12 heteroatoms. The summed E-state index contributed by atoms with van der Waals surface area (Å²) in [6.45, 7) is 2.08. The summed E-state index contributed by atoms with van der Waals surface area (Å²) in [5.74, 6) is -5.28. The molecule has 1 fully saturated rings. The smallest absolute Gasteiger partial charge is 0.251 e. The number of amides is 2. The molecule has 3 aromatic heterocycles. The fourth-order valence-corrected chi connectivity index (χ4v) is 6.29. The third kappa shape index (κ3) is 4.99. The molecule has 2 aliphatic rings. The minimum absolute atomic E-state index is 0.0656. The molecule has 1 saturated carbocycles. The van der Waals surface area contributed by atoms with E-state index in [0.717, 1.165) is 11.4 Å². The second-order valence-electron chi connectivity index (χ2n) is 11.4. The third-order valence-corrected chi connectivity index (χ3v) is 8.44. The van der Waals surface area contributed by atoms with Crippen LogP contribution in [0.2, 0.25) is 0 Å². The number of aryl methyl sites for hydroxylation is 1. The predicted octanol–water partition coefficient (Wildman–Crippen LogP) is 5.38. The fraction of sp³-hybridized carbons (Fsp3) is 0.281. The van der Waals surface area contributed by atoms with Crippen LogP contribution >= 0.6 is 0 Å². The van der Waals surface area contributed by atoms with Crippen molar-refractivity contribution < 1.29 is 22.8 Å². The number of carbonyl (C=O) groups is 2. The van der Waals surface area contributed by atoms with Gasteiger partial charge in [0.1, 0.15) is 11.5 Å². The Balaban J connectivity index is 1.20. The lowest BCUT2D eigenvalue weighted by molar-refractivity contribution is -0.131. The fourth-order valence-electron chi connectivity index (χ4n) is 6.29. The molecule has 44 heavy (non-hydrogen) atoms. The van der Waals surface area contributed by atoms with E-state index in [0.29, 0.717) is 45.7 Å². The molecule has 1 aliphatic heterocycles. The molecular weight excluding hydrogens is 571 g/mol. The standard InChI is InChI=1S/C32H28F3N7O2/c1-18-9-15-42(40-18)21-5-2-19(3-6-21)30(43)39-26-8-11-32(34,35)17-24(26)31(44)41-14-10-22-27(29-36-12-13-37-29)38-25-7-4-20(33)16-23(25)28(22)41/h2-7,9,12-13,15-16,24,26H,8,10-11,14,17H2,1H3,(H,36,37)(H,39,43)/t24-,26+/m0/s1. The number of imidazole rings is 1. The minimum atomic E-state index is -3.07. The number of carbonyl (C=O) groups excluding carboxylic acids is 2. The summed E-state index contributed by atoms with van der Waals surface area (Å²) in [5.41, 5.74) is 4.04. The highest BCUT2D eigenvalue weighted by Crippen LogP contribution is 2.43. The molecule has 0 spiro atoms. The lowest BCUT2D eigenvalue weighted by Crippen LogP contribution is -2.52. The molecule has 224 valence electrons. The van der Waals surface area contributed by atoms with Crippen LogP contribution < -0.4 is 10.2 Å². The molecule has 2 atom stereocenters. The molecule has 1 aliphatic carbocycles. The maximum absolute atomic E-state index is 14.8. The summed E-state index contributed by atoms with van der Waals surface area (Å²) in [7, 11) is 0. The molecule has 5 aromatic rings. The van der Waals surface area contributed by atoms with Gasteiger partial charge < -0.3 is 15.2 Å². The van der Waals surface area contributed by atoms with Gasteiger partial charge >= 0.3 is 0 Å². The first-order valence-corrected chi connectivity index (χ1v) is 14.4. The molecule has 9 nitrogen and oxygen atoms in total. The van der Waals surface area contributed by atoms with Gasteiger partial charge in [-0.25, -0.2) is 27.8 Å². The number of aromatic nitrogens is 5. The number of halogens is 3. The third-order valence-electron chi connectivity index (χ3n) is 8.44. The highest BCUT2D eigenvalue weighted by atomic mass is 19.3. The average Bonchev–Trinajstić information content (AvgIpc) is 3.79. The number of hydrogen-bond donors (Lipinski definition) is 2. The number of nitrogens with zero attached hydrogens (tertiary/aromatic N) is 5. The summed E-state index contributed by atoms with van der Waals surface area (Å²) in [4.78, 5) is 41.0. The number of aromatic amines is 1. The summed E-state index contributed by atoms with van der Waals surface area (Å²) < 4.78 is 45.8. The molecule has 0 unspecified atom stereocenters. The molecule has 0 saturated heterocycles. The van der Waals surface area contributed by atoms with E-state index in [9.17, 15) is 22.8 Å². The van der Waals surface area contributed by atoms with E-state index in [-0.39, 0.29) is 13.0 Å². The Hall–Kier alpha value is -5.00. The lowest BCUT2D eigenvalue weighted by atomic mass is 9.81. The van der Waals surface area contributed by atoms with Gasteiger partial charge in [-0.05, 0) is 68.3 Å². The van der Waals surface area contributed by atoms with Crippen LogP contribution in [-0.2, 0) is 11.2 Å². The predicted molar refractivity (Wildman–Crippen MR) is 157 cm³/mol. The second kappa shape index (κ2) is 10.6. The zero-order valence-corrected chi connectivity index (χ0v) is 23.7. The molecule has 2 N–H and O–H groups in total. The van der Waals surface area contributed by atoms with Crippen molar-refractivity contribution in [3.63, 3.8) is 0 Å². The first-order valence-electron chi connectivity index (χ1n) is 14.4. The van der Waals surface area contributed by atoms with E-state index in [1.807, 2.05) is 19.2 Å². The van der Waals surface area contributed by atoms with Gasteiger partial charge in [-0.3, -0.25) is 9.59 Å². The number of hydrogen-bond acceptors (Lipinski definition) is 5. The Bertz CT molecular complexity index is 1890. The number of anilines is 1. The Morgan fingerprint density at radius 2 is 1.93 bits per heavy atom. The highest BCUT2D eigenvalue weighted by Gasteiger charge is 2.47. The van der Waals surface area contributed by atoms with Crippen LogP contribution in [0.5, 0.6) is 0 Å². The largest absolute Gasteiger partial charge is 0.348 e. The molecule has 4 heterocycles. The van der Waals surface area contributed by atoms with Crippen molar-refractivity contribution in [1.82, 2.24) is 30.0 Å². The van der Waals surface area contributed by atoms with Crippen molar-refractivity contribution in [2.24, 2.45) is 5.92 Å². The Labute approximate surface area is 250 Å². The van der Waals surface area contributed by atoms with E-state index in [2.05, 4.69) is 20.4 Å². The molecule has 7 rings (SSSR count). The number of nitrogens with one attached hydrogen (secondary N) is 2. The summed E-state index contributed by atoms with van der Waals surface area (Å²) in [5, 5.41) is 7.64. The van der Waals surface area contributed by atoms with Crippen LogP contribution in [0.25, 0.3) is 28.1 Å². The van der Waals surface area contributed by atoms with E-state index < -0.39 is 48.4 Å². The van der Waals surface area contributed by atoms with Gasteiger partial charge in [0.2, 0.25) is 11.8 Å². The second-order valence-corrected chi connectivity index (χ2v) is 11.4. The SMILES string of the molecule is Cc1ccn(-c2ccc(C(=O)N[C@@H]3CCC(F)(F)C[C@@H]3C(=O)N3CCc4c(-c5ncc[nH]5)nc5ccc(F)cc5c43)cc2)n1. The number of pyridine rings is 1. The van der Waals surface area contributed by atoms with Crippen molar-refractivity contribution in [1.29, 1.82) is 0 Å². The van der Waals surface area contributed by atoms with Gasteiger partial charge in [0.15, 0.2) is 5.82 Å². The Morgan fingerprint density at radius 1 is 1.11 bits per heavy atom. The van der Waals surface area contributed by atoms with Gasteiger partial charge in [0.25, 0.3) is 5.91 Å². The normalized spacial score (nSPS) is 19.2. The summed E-state index contributed by atoms with van der Waals surface area (Å²) in [6.07, 6.45) is 4.21. The number of H-pyrrole nitrogens is 1.